The highest BCUT2D eigenvalue weighted by atomic mass is 32.1. The average Bonchev–Trinajstić information content (AvgIpc) is 2.81. The van der Waals surface area contributed by atoms with E-state index in [1.807, 2.05) is 6.20 Å². The van der Waals surface area contributed by atoms with Crippen LogP contribution >= 0.6 is 11.3 Å². The van der Waals surface area contributed by atoms with Crippen LogP contribution in [0.5, 0.6) is 0 Å². The van der Waals surface area contributed by atoms with Gasteiger partial charge in [-0.1, -0.05) is 11.6 Å². The second-order valence-electron chi connectivity index (χ2n) is 4.03. The van der Waals surface area contributed by atoms with Crippen molar-refractivity contribution in [2.45, 2.75) is 25.3 Å². The summed E-state index contributed by atoms with van der Waals surface area (Å²) >= 11 is 1.67. The summed E-state index contributed by atoms with van der Waals surface area (Å²) in [7, 11) is 0. The number of thiazole rings is 1. The van der Waals surface area contributed by atoms with E-state index in [-0.39, 0.29) is 6.04 Å². The van der Waals surface area contributed by atoms with Crippen molar-refractivity contribution in [3.8, 4) is 0 Å². The number of hydrogen-bond acceptors (Lipinski definition) is 3. The molecule has 3 nitrogen and oxygen atoms in total. The zero-order valence-corrected chi connectivity index (χ0v) is 9.20. The summed E-state index contributed by atoms with van der Waals surface area (Å²) in [5, 5.41) is 2.05. The molecule has 0 bridgehead atoms. The lowest BCUT2D eigenvalue weighted by Crippen LogP contribution is -2.11. The Labute approximate surface area is 92.2 Å². The molecule has 78 valence electrons. The molecule has 0 radical (unpaired) electrons. The topological polar surface area (TPSA) is 43.3 Å². The number of hydrogen-bond donors (Lipinski definition) is 1. The first-order valence-electron chi connectivity index (χ1n) is 5.17. The Hall–Kier alpha value is -1.13. The van der Waals surface area contributed by atoms with Gasteiger partial charge in [0.25, 0.3) is 0 Å². The van der Waals surface area contributed by atoms with Crippen LogP contribution in [0.1, 0.15) is 18.5 Å². The second-order valence-corrected chi connectivity index (χ2v) is 4.90. The van der Waals surface area contributed by atoms with Crippen LogP contribution in [-0.4, -0.2) is 15.4 Å². The number of fused-ring (bicyclic) bond motifs is 1. The van der Waals surface area contributed by atoms with E-state index in [1.54, 1.807) is 11.3 Å². The van der Waals surface area contributed by atoms with Gasteiger partial charge in [-0.3, -0.25) is 4.40 Å². The predicted octanol–water partition coefficient (Wildman–Crippen LogP) is 1.99. The van der Waals surface area contributed by atoms with Crippen molar-refractivity contribution in [3.63, 3.8) is 0 Å². The number of nitrogens with two attached hydrogens (primary N) is 1. The second kappa shape index (κ2) is 3.47. The third-order valence-electron chi connectivity index (χ3n) is 2.80. The summed E-state index contributed by atoms with van der Waals surface area (Å²) < 4.78 is 2.08. The molecule has 0 spiro atoms. The summed E-state index contributed by atoms with van der Waals surface area (Å²) in [5.41, 5.74) is 8.43. The van der Waals surface area contributed by atoms with Crippen molar-refractivity contribution in [3.05, 3.63) is 35.1 Å². The van der Waals surface area contributed by atoms with Gasteiger partial charge in [-0.25, -0.2) is 4.98 Å². The van der Waals surface area contributed by atoms with Crippen molar-refractivity contribution in [1.82, 2.24) is 9.38 Å². The van der Waals surface area contributed by atoms with Crippen LogP contribution in [0.4, 0.5) is 0 Å². The maximum Gasteiger partial charge on any atom is 0.193 e. The fraction of sp³-hybridized carbons (Fsp3) is 0.364. The summed E-state index contributed by atoms with van der Waals surface area (Å²) in [5.74, 6) is 0. The summed E-state index contributed by atoms with van der Waals surface area (Å²) in [4.78, 5) is 5.64. The number of rotatable bonds is 2. The molecule has 0 saturated carbocycles. The van der Waals surface area contributed by atoms with E-state index in [4.69, 9.17) is 5.73 Å². The molecule has 1 aliphatic carbocycles. The highest BCUT2D eigenvalue weighted by Crippen LogP contribution is 2.21. The minimum Gasteiger partial charge on any atom is -0.324 e. The Kier molecular flexibility index (Phi) is 2.11. The van der Waals surface area contributed by atoms with Crippen molar-refractivity contribution in [2.24, 2.45) is 5.73 Å². The van der Waals surface area contributed by atoms with Gasteiger partial charge < -0.3 is 5.73 Å². The molecule has 2 N–H and O–H groups in total. The molecular weight excluding hydrogens is 206 g/mol. The SMILES string of the molecule is NC1C=C(Cc2cn3ccsc3n2)CC1. The monoisotopic (exact) mass is 219 g/mol. The Balaban J connectivity index is 1.83. The minimum atomic E-state index is 0.267. The standard InChI is InChI=1S/C11H13N3S/c12-9-2-1-8(5-9)6-10-7-14-3-4-15-11(14)13-10/h3-5,7,9H,1-2,6,12H2. The van der Waals surface area contributed by atoms with E-state index < -0.39 is 0 Å². The smallest absolute Gasteiger partial charge is 0.193 e. The van der Waals surface area contributed by atoms with Gasteiger partial charge in [0.15, 0.2) is 4.96 Å². The van der Waals surface area contributed by atoms with Crippen LogP contribution in [0, 0.1) is 0 Å². The van der Waals surface area contributed by atoms with Crippen LogP contribution < -0.4 is 5.73 Å². The lowest BCUT2D eigenvalue weighted by Gasteiger charge is -1.95. The third-order valence-corrected chi connectivity index (χ3v) is 3.57. The van der Waals surface area contributed by atoms with E-state index in [2.05, 4.69) is 27.0 Å². The fourth-order valence-corrected chi connectivity index (χ4v) is 2.78. The fourth-order valence-electron chi connectivity index (χ4n) is 2.06. The molecule has 1 atom stereocenters. The van der Waals surface area contributed by atoms with Crippen LogP contribution in [0.25, 0.3) is 4.96 Å². The van der Waals surface area contributed by atoms with Crippen LogP contribution in [0.15, 0.2) is 29.4 Å². The highest BCUT2D eigenvalue weighted by Gasteiger charge is 2.13. The molecule has 4 heteroatoms. The van der Waals surface area contributed by atoms with E-state index in [9.17, 15) is 0 Å². The molecule has 15 heavy (non-hydrogen) atoms. The van der Waals surface area contributed by atoms with Gasteiger partial charge in [0, 0.05) is 30.2 Å². The first kappa shape index (κ1) is 9.12. The Morgan fingerprint density at radius 3 is 3.27 bits per heavy atom. The molecule has 1 aliphatic rings. The molecular formula is C11H13N3S. The van der Waals surface area contributed by atoms with E-state index in [1.165, 1.54) is 5.57 Å². The molecule has 0 fully saturated rings. The largest absolute Gasteiger partial charge is 0.324 e. The highest BCUT2D eigenvalue weighted by molar-refractivity contribution is 7.15. The lowest BCUT2D eigenvalue weighted by atomic mass is 10.1. The Morgan fingerprint density at radius 2 is 2.53 bits per heavy atom. The molecule has 3 rings (SSSR count). The first-order chi connectivity index (χ1) is 7.31. The van der Waals surface area contributed by atoms with Crippen molar-refractivity contribution < 1.29 is 0 Å². The summed E-state index contributed by atoms with van der Waals surface area (Å²) in [6.07, 6.45) is 9.53. The normalized spacial score (nSPS) is 21.1. The van der Waals surface area contributed by atoms with Gasteiger partial charge in [-0.15, -0.1) is 11.3 Å². The minimum absolute atomic E-state index is 0.267. The van der Waals surface area contributed by atoms with Crippen molar-refractivity contribution >= 4 is 16.3 Å². The van der Waals surface area contributed by atoms with Gasteiger partial charge in [0.2, 0.25) is 0 Å². The molecule has 0 aliphatic heterocycles. The zero-order chi connectivity index (χ0) is 10.3. The van der Waals surface area contributed by atoms with E-state index in [0.29, 0.717) is 0 Å². The lowest BCUT2D eigenvalue weighted by molar-refractivity contribution is 0.769. The Morgan fingerprint density at radius 1 is 1.60 bits per heavy atom. The average molecular weight is 219 g/mol. The van der Waals surface area contributed by atoms with Gasteiger partial charge in [0.1, 0.15) is 0 Å². The van der Waals surface area contributed by atoms with Crippen molar-refractivity contribution in [1.29, 1.82) is 0 Å². The number of imidazole rings is 1. The molecule has 0 amide bonds. The van der Waals surface area contributed by atoms with E-state index >= 15 is 0 Å². The summed E-state index contributed by atoms with van der Waals surface area (Å²) in [6.45, 7) is 0. The third kappa shape index (κ3) is 1.70. The van der Waals surface area contributed by atoms with Crippen LogP contribution in [0.3, 0.4) is 0 Å². The number of allylic oxidation sites excluding steroid dienone is 1. The molecule has 2 heterocycles. The van der Waals surface area contributed by atoms with Crippen LogP contribution in [-0.2, 0) is 6.42 Å². The molecule has 0 aromatic carbocycles. The van der Waals surface area contributed by atoms with Gasteiger partial charge in [-0.2, -0.15) is 0 Å². The number of aromatic nitrogens is 2. The van der Waals surface area contributed by atoms with Crippen molar-refractivity contribution in [2.75, 3.05) is 0 Å². The maximum absolute atomic E-state index is 5.83. The van der Waals surface area contributed by atoms with Crippen LogP contribution in [0.2, 0.25) is 0 Å². The summed E-state index contributed by atoms with van der Waals surface area (Å²) in [6, 6.07) is 0.267. The van der Waals surface area contributed by atoms with Gasteiger partial charge in [-0.05, 0) is 12.8 Å². The zero-order valence-electron chi connectivity index (χ0n) is 8.39. The quantitative estimate of drug-likeness (QED) is 0.785. The molecule has 2 aromatic rings. The van der Waals surface area contributed by atoms with Gasteiger partial charge in [0.05, 0.1) is 5.69 Å². The van der Waals surface area contributed by atoms with E-state index in [0.717, 1.165) is 29.9 Å². The molecule has 0 saturated heterocycles. The maximum atomic E-state index is 5.83. The number of nitrogens with zero attached hydrogens (tertiary/aromatic N) is 2. The predicted molar refractivity (Wildman–Crippen MR) is 62.1 cm³/mol. The van der Waals surface area contributed by atoms with Gasteiger partial charge >= 0.3 is 0 Å². The first-order valence-corrected chi connectivity index (χ1v) is 6.05. The Bertz CT molecular complexity index is 480. The molecule has 1 unspecified atom stereocenters. The molecule has 2 aromatic heterocycles.